The number of rotatable bonds is 5. The zero-order chi connectivity index (χ0) is 21.1. The maximum absolute atomic E-state index is 13.3. The van der Waals surface area contributed by atoms with Crippen molar-refractivity contribution in [3.63, 3.8) is 0 Å². The lowest BCUT2D eigenvalue weighted by atomic mass is 10.1. The number of carbonyl (C=O) groups excluding carboxylic acids is 1. The predicted octanol–water partition coefficient (Wildman–Crippen LogP) is 5.19. The summed E-state index contributed by atoms with van der Waals surface area (Å²) in [4.78, 5) is 19.6. The van der Waals surface area contributed by atoms with Crippen LogP contribution in [0.3, 0.4) is 0 Å². The molecular formula is C24H19ClN2O3. The van der Waals surface area contributed by atoms with Crippen molar-refractivity contribution in [2.75, 3.05) is 19.1 Å². The predicted molar refractivity (Wildman–Crippen MR) is 119 cm³/mol. The summed E-state index contributed by atoms with van der Waals surface area (Å²) in [7, 11) is 3.22. The Labute approximate surface area is 179 Å². The molecule has 0 saturated carbocycles. The molecule has 6 heteroatoms. The van der Waals surface area contributed by atoms with Crippen LogP contribution in [-0.4, -0.2) is 26.0 Å². The van der Waals surface area contributed by atoms with Crippen molar-refractivity contribution in [2.24, 2.45) is 4.99 Å². The third-order valence-electron chi connectivity index (χ3n) is 4.71. The summed E-state index contributed by atoms with van der Waals surface area (Å²) in [6.07, 6.45) is 1.76. The Morgan fingerprint density at radius 2 is 1.40 bits per heavy atom. The Hall–Kier alpha value is -3.57. The molecule has 5 nitrogen and oxygen atoms in total. The molecule has 30 heavy (non-hydrogen) atoms. The number of methoxy groups -OCH3 is 2. The number of carbonyl (C=O) groups is 1. The maximum Gasteiger partial charge on any atom is 0.282 e. The van der Waals surface area contributed by atoms with Gasteiger partial charge in [0.1, 0.15) is 23.0 Å². The number of benzene rings is 3. The van der Waals surface area contributed by atoms with Crippen LogP contribution in [0.2, 0.25) is 5.02 Å². The maximum atomic E-state index is 13.3. The Morgan fingerprint density at radius 3 is 1.97 bits per heavy atom. The van der Waals surface area contributed by atoms with Crippen LogP contribution in [0, 0.1) is 0 Å². The van der Waals surface area contributed by atoms with Crippen molar-refractivity contribution < 1.29 is 14.3 Å². The molecule has 3 aromatic rings. The van der Waals surface area contributed by atoms with E-state index in [1.165, 1.54) is 0 Å². The first-order valence-corrected chi connectivity index (χ1v) is 9.66. The van der Waals surface area contributed by atoms with Crippen LogP contribution in [0.1, 0.15) is 11.1 Å². The highest BCUT2D eigenvalue weighted by Crippen LogP contribution is 2.30. The molecule has 0 radical (unpaired) electrons. The van der Waals surface area contributed by atoms with Gasteiger partial charge in [0.2, 0.25) is 0 Å². The third-order valence-corrected chi connectivity index (χ3v) is 4.96. The SMILES string of the molecule is COc1ccc(C2=N/C(=C/c3ccc(Cl)cc3)C(=O)N2c2ccc(OC)cc2)cc1. The highest BCUT2D eigenvalue weighted by atomic mass is 35.5. The van der Waals surface area contributed by atoms with Crippen molar-refractivity contribution >= 4 is 35.1 Å². The van der Waals surface area contributed by atoms with Crippen molar-refractivity contribution in [1.82, 2.24) is 0 Å². The molecular weight excluding hydrogens is 400 g/mol. The number of ether oxygens (including phenoxy) is 2. The van der Waals surface area contributed by atoms with E-state index in [4.69, 9.17) is 21.1 Å². The monoisotopic (exact) mass is 418 g/mol. The molecule has 0 N–H and O–H groups in total. The first-order valence-electron chi connectivity index (χ1n) is 9.28. The van der Waals surface area contributed by atoms with Crippen molar-refractivity contribution in [1.29, 1.82) is 0 Å². The highest BCUT2D eigenvalue weighted by Gasteiger charge is 2.32. The minimum absolute atomic E-state index is 0.207. The molecule has 0 saturated heterocycles. The van der Waals surface area contributed by atoms with Gasteiger partial charge in [0.15, 0.2) is 0 Å². The molecule has 3 aromatic carbocycles. The highest BCUT2D eigenvalue weighted by molar-refractivity contribution is 6.33. The lowest BCUT2D eigenvalue weighted by Gasteiger charge is -2.19. The summed E-state index contributed by atoms with van der Waals surface area (Å²) in [5, 5.41) is 0.636. The number of nitrogens with zero attached hydrogens (tertiary/aromatic N) is 2. The first kappa shape index (κ1) is 19.7. The van der Waals surface area contributed by atoms with E-state index in [0.717, 1.165) is 16.9 Å². The molecule has 4 rings (SSSR count). The molecule has 0 unspecified atom stereocenters. The van der Waals surface area contributed by atoms with E-state index in [1.54, 1.807) is 37.3 Å². The zero-order valence-electron chi connectivity index (χ0n) is 16.5. The smallest absolute Gasteiger partial charge is 0.282 e. The molecule has 1 amide bonds. The van der Waals surface area contributed by atoms with E-state index in [0.29, 0.717) is 28.0 Å². The topological polar surface area (TPSA) is 51.1 Å². The van der Waals surface area contributed by atoms with Crippen molar-refractivity contribution in [3.05, 3.63) is 94.6 Å². The number of amides is 1. The van der Waals surface area contributed by atoms with Gasteiger partial charge >= 0.3 is 0 Å². The van der Waals surface area contributed by atoms with Gasteiger partial charge in [-0.2, -0.15) is 0 Å². The Balaban J connectivity index is 1.78. The van der Waals surface area contributed by atoms with Gasteiger partial charge in [0.25, 0.3) is 5.91 Å². The van der Waals surface area contributed by atoms with Gasteiger partial charge in [-0.1, -0.05) is 23.7 Å². The second-order valence-corrected chi connectivity index (χ2v) is 7.02. The molecule has 1 heterocycles. The number of hydrogen-bond acceptors (Lipinski definition) is 4. The van der Waals surface area contributed by atoms with E-state index in [9.17, 15) is 4.79 Å². The van der Waals surface area contributed by atoms with E-state index < -0.39 is 0 Å². The average Bonchev–Trinajstić information content (AvgIpc) is 3.11. The number of halogens is 1. The van der Waals surface area contributed by atoms with E-state index in [1.807, 2.05) is 60.7 Å². The minimum Gasteiger partial charge on any atom is -0.497 e. The van der Waals surface area contributed by atoms with Gasteiger partial charge in [-0.05, 0) is 72.3 Å². The largest absolute Gasteiger partial charge is 0.497 e. The summed E-state index contributed by atoms with van der Waals surface area (Å²) >= 11 is 5.97. The van der Waals surface area contributed by atoms with Gasteiger partial charge < -0.3 is 9.47 Å². The standard InChI is InChI=1S/C24H19ClN2O3/c1-29-20-11-5-17(6-12-20)23-26-22(15-16-3-7-18(25)8-4-16)24(28)27(23)19-9-13-21(30-2)14-10-19/h3-15H,1-2H3/b22-15+. The van der Waals surface area contributed by atoms with Crippen molar-refractivity contribution in [3.8, 4) is 11.5 Å². The lowest BCUT2D eigenvalue weighted by molar-refractivity contribution is -0.113. The van der Waals surface area contributed by atoms with E-state index in [-0.39, 0.29) is 5.91 Å². The minimum atomic E-state index is -0.207. The Morgan fingerprint density at radius 1 is 0.833 bits per heavy atom. The molecule has 1 aliphatic rings. The molecule has 0 spiro atoms. The Bertz CT molecular complexity index is 1120. The zero-order valence-corrected chi connectivity index (χ0v) is 17.3. The lowest BCUT2D eigenvalue weighted by Crippen LogP contribution is -2.32. The second kappa shape index (κ2) is 8.43. The summed E-state index contributed by atoms with van der Waals surface area (Å²) in [5.41, 5.74) is 2.70. The van der Waals surface area contributed by atoms with Crippen LogP contribution < -0.4 is 14.4 Å². The van der Waals surface area contributed by atoms with Crippen LogP contribution in [0.15, 0.2) is 83.5 Å². The average molecular weight is 419 g/mol. The molecule has 0 aliphatic carbocycles. The molecule has 0 atom stereocenters. The van der Waals surface area contributed by atoms with Crippen LogP contribution >= 0.6 is 11.6 Å². The summed E-state index contributed by atoms with van der Waals surface area (Å²) in [6, 6.07) is 22.0. The van der Waals surface area contributed by atoms with Crippen LogP contribution in [-0.2, 0) is 4.79 Å². The van der Waals surface area contributed by atoms with Crippen LogP contribution in [0.25, 0.3) is 6.08 Å². The number of anilines is 1. The summed E-state index contributed by atoms with van der Waals surface area (Å²) in [5.74, 6) is 1.79. The Kier molecular flexibility index (Phi) is 5.55. The van der Waals surface area contributed by atoms with Gasteiger partial charge in [0.05, 0.1) is 19.9 Å². The fourth-order valence-corrected chi connectivity index (χ4v) is 3.26. The summed E-state index contributed by atoms with van der Waals surface area (Å²) in [6.45, 7) is 0. The van der Waals surface area contributed by atoms with E-state index >= 15 is 0 Å². The first-order chi connectivity index (χ1) is 14.6. The fourth-order valence-electron chi connectivity index (χ4n) is 3.14. The van der Waals surface area contributed by atoms with Gasteiger partial charge in [0, 0.05) is 10.6 Å². The molecule has 150 valence electrons. The fraction of sp³-hybridized carbons (Fsp3) is 0.0833. The quantitative estimate of drug-likeness (QED) is 0.535. The van der Waals surface area contributed by atoms with Crippen molar-refractivity contribution in [2.45, 2.75) is 0 Å². The van der Waals surface area contributed by atoms with Gasteiger partial charge in [-0.15, -0.1) is 0 Å². The van der Waals surface area contributed by atoms with Crippen LogP contribution in [0.4, 0.5) is 5.69 Å². The molecule has 1 aliphatic heterocycles. The van der Waals surface area contributed by atoms with E-state index in [2.05, 4.69) is 4.99 Å². The molecule has 0 aromatic heterocycles. The second-order valence-electron chi connectivity index (χ2n) is 6.58. The summed E-state index contributed by atoms with van der Waals surface area (Å²) < 4.78 is 10.5. The number of aliphatic imine (C=N–C) groups is 1. The third kappa shape index (κ3) is 3.93. The van der Waals surface area contributed by atoms with Crippen LogP contribution in [0.5, 0.6) is 11.5 Å². The van der Waals surface area contributed by atoms with Gasteiger partial charge in [-0.25, -0.2) is 4.99 Å². The number of hydrogen-bond donors (Lipinski definition) is 0. The molecule has 0 fully saturated rings. The normalized spacial score (nSPS) is 14.8. The molecule has 0 bridgehead atoms. The van der Waals surface area contributed by atoms with Gasteiger partial charge in [-0.3, -0.25) is 9.69 Å². The number of amidine groups is 1.